The Morgan fingerprint density at radius 3 is 1.76 bits per heavy atom. The Balaban J connectivity index is 0.000000173. The molecule has 0 atom stereocenters. The number of nitrogens with one attached hydrogen (secondary N) is 1. The number of imidazole rings is 1. The second kappa shape index (κ2) is 8.39. The highest BCUT2D eigenvalue weighted by molar-refractivity contribution is 7.55. The molecule has 0 amide bonds. The molecule has 0 fully saturated rings. The normalized spacial score (nSPS) is 9.81. The highest BCUT2D eigenvalue weighted by atomic mass is 31.1. The minimum absolute atomic E-state index is 0.777. The van der Waals surface area contributed by atoms with Crippen molar-refractivity contribution in [1.82, 2.24) is 9.97 Å². The monoisotopic (exact) mass is 296 g/mol. The molecule has 3 heteroatoms. The Bertz CT molecular complexity index is 595. The average molecular weight is 296 g/mol. The molecule has 3 rings (SSSR count). The Hall–Kier alpha value is -1.92. The van der Waals surface area contributed by atoms with Gasteiger partial charge in [0.1, 0.15) is 5.82 Å². The van der Waals surface area contributed by atoms with Gasteiger partial charge in [0.2, 0.25) is 0 Å². The molecule has 0 unspecified atom stereocenters. The molecule has 2 aromatic carbocycles. The van der Waals surface area contributed by atoms with Crippen LogP contribution in [0.15, 0.2) is 66.9 Å². The quantitative estimate of drug-likeness (QED) is 0.735. The van der Waals surface area contributed by atoms with Crippen LogP contribution in [0.5, 0.6) is 0 Å². The lowest BCUT2D eigenvalue weighted by atomic mass is 10.4. The number of H-pyrrole nitrogens is 1. The number of aromatic amines is 1. The molecule has 0 radical (unpaired) electrons. The lowest BCUT2D eigenvalue weighted by Gasteiger charge is -2.00. The minimum atomic E-state index is 0.777. The standard InChI is InChI=1S/C12H11P.C6H10N2/c1-3-7-11(8-4-1)13-12-9-5-2-6-10-12;1-3-6-7-4-5(2)8-6/h1-10,13H;4H,3H2,1-2H3,(H,7,8). The molecule has 2 nitrogen and oxygen atoms in total. The van der Waals surface area contributed by atoms with Crippen LogP contribution in [0, 0.1) is 6.92 Å². The van der Waals surface area contributed by atoms with Crippen molar-refractivity contribution in [3.05, 3.63) is 78.4 Å². The summed E-state index contributed by atoms with van der Waals surface area (Å²) in [6, 6.07) is 21.2. The van der Waals surface area contributed by atoms with E-state index in [0.29, 0.717) is 0 Å². The SMILES string of the molecule is CCc1ncc(C)[nH]1.c1ccc(Pc2ccccc2)cc1. The summed E-state index contributed by atoms with van der Waals surface area (Å²) in [7, 11) is 0.777. The van der Waals surface area contributed by atoms with E-state index in [-0.39, 0.29) is 0 Å². The van der Waals surface area contributed by atoms with E-state index in [1.165, 1.54) is 10.6 Å². The molecule has 0 aliphatic rings. The zero-order valence-electron chi connectivity index (χ0n) is 12.5. The van der Waals surface area contributed by atoms with E-state index in [9.17, 15) is 0 Å². The van der Waals surface area contributed by atoms with Gasteiger partial charge in [-0.15, -0.1) is 0 Å². The van der Waals surface area contributed by atoms with Crippen molar-refractivity contribution in [2.45, 2.75) is 20.3 Å². The third kappa shape index (κ3) is 5.53. The third-order valence-electron chi connectivity index (χ3n) is 2.93. The predicted octanol–water partition coefficient (Wildman–Crippen LogP) is 3.60. The van der Waals surface area contributed by atoms with Gasteiger partial charge in [-0.3, -0.25) is 0 Å². The van der Waals surface area contributed by atoms with Crippen molar-refractivity contribution in [2.75, 3.05) is 0 Å². The molecule has 0 aliphatic carbocycles. The van der Waals surface area contributed by atoms with E-state index in [0.717, 1.165) is 26.5 Å². The molecular formula is C18H21N2P. The number of benzene rings is 2. The van der Waals surface area contributed by atoms with Gasteiger partial charge in [0.15, 0.2) is 0 Å². The molecule has 0 saturated carbocycles. The van der Waals surface area contributed by atoms with Crippen LogP contribution in [0.4, 0.5) is 0 Å². The van der Waals surface area contributed by atoms with Crippen molar-refractivity contribution in [3.63, 3.8) is 0 Å². The van der Waals surface area contributed by atoms with E-state index in [4.69, 9.17) is 0 Å². The number of aryl methyl sites for hydroxylation is 2. The number of nitrogens with zero attached hydrogens (tertiary/aromatic N) is 1. The lowest BCUT2D eigenvalue weighted by molar-refractivity contribution is 0.982. The number of hydrogen-bond donors (Lipinski definition) is 1. The summed E-state index contributed by atoms with van der Waals surface area (Å²) in [5.74, 6) is 1.07. The van der Waals surface area contributed by atoms with Crippen molar-refractivity contribution >= 4 is 19.2 Å². The van der Waals surface area contributed by atoms with E-state index < -0.39 is 0 Å². The van der Waals surface area contributed by atoms with E-state index in [2.05, 4.69) is 77.6 Å². The first kappa shape index (κ1) is 15.5. The molecule has 1 heterocycles. The summed E-state index contributed by atoms with van der Waals surface area (Å²) in [6.45, 7) is 4.09. The van der Waals surface area contributed by atoms with Crippen LogP contribution in [0.25, 0.3) is 0 Å². The van der Waals surface area contributed by atoms with Gasteiger partial charge in [0.05, 0.1) is 0 Å². The van der Waals surface area contributed by atoms with Crippen molar-refractivity contribution in [2.24, 2.45) is 0 Å². The van der Waals surface area contributed by atoms with Crippen LogP contribution >= 0.6 is 8.58 Å². The second-order valence-electron chi connectivity index (χ2n) is 4.72. The van der Waals surface area contributed by atoms with Crippen LogP contribution < -0.4 is 10.6 Å². The number of aromatic nitrogens is 2. The third-order valence-corrected chi connectivity index (χ3v) is 4.17. The topological polar surface area (TPSA) is 28.7 Å². The lowest BCUT2D eigenvalue weighted by Crippen LogP contribution is -2.01. The summed E-state index contributed by atoms with van der Waals surface area (Å²) >= 11 is 0. The molecular weight excluding hydrogens is 275 g/mol. The summed E-state index contributed by atoms with van der Waals surface area (Å²) in [6.07, 6.45) is 2.84. The van der Waals surface area contributed by atoms with Crippen molar-refractivity contribution < 1.29 is 0 Å². The summed E-state index contributed by atoms with van der Waals surface area (Å²) in [4.78, 5) is 7.19. The molecule has 1 N–H and O–H groups in total. The van der Waals surface area contributed by atoms with Gasteiger partial charge in [0, 0.05) is 18.3 Å². The predicted molar refractivity (Wildman–Crippen MR) is 93.2 cm³/mol. The minimum Gasteiger partial charge on any atom is -0.346 e. The Labute approximate surface area is 128 Å². The Kier molecular flexibility index (Phi) is 6.18. The molecule has 0 saturated heterocycles. The van der Waals surface area contributed by atoms with Crippen LogP contribution in [0.1, 0.15) is 18.4 Å². The zero-order valence-corrected chi connectivity index (χ0v) is 13.5. The summed E-state index contributed by atoms with van der Waals surface area (Å²) < 4.78 is 0. The highest BCUT2D eigenvalue weighted by Crippen LogP contribution is 2.08. The van der Waals surface area contributed by atoms with Gasteiger partial charge in [-0.1, -0.05) is 76.2 Å². The molecule has 3 aromatic rings. The second-order valence-corrected chi connectivity index (χ2v) is 6.13. The van der Waals surface area contributed by atoms with Crippen LogP contribution in [0.2, 0.25) is 0 Å². The first-order chi connectivity index (χ1) is 10.3. The van der Waals surface area contributed by atoms with Crippen LogP contribution in [-0.4, -0.2) is 9.97 Å². The molecule has 108 valence electrons. The maximum absolute atomic E-state index is 4.08. The average Bonchev–Trinajstić information content (AvgIpc) is 2.96. The largest absolute Gasteiger partial charge is 0.346 e. The molecule has 1 aromatic heterocycles. The van der Waals surface area contributed by atoms with E-state index >= 15 is 0 Å². The van der Waals surface area contributed by atoms with Crippen LogP contribution in [-0.2, 0) is 6.42 Å². The Morgan fingerprint density at radius 1 is 0.905 bits per heavy atom. The van der Waals surface area contributed by atoms with Gasteiger partial charge in [0.25, 0.3) is 0 Å². The van der Waals surface area contributed by atoms with Crippen molar-refractivity contribution in [3.8, 4) is 0 Å². The van der Waals surface area contributed by atoms with Gasteiger partial charge < -0.3 is 4.98 Å². The zero-order chi connectivity index (χ0) is 14.9. The van der Waals surface area contributed by atoms with Gasteiger partial charge in [-0.05, 0) is 17.5 Å². The smallest absolute Gasteiger partial charge is 0.105 e. The Morgan fingerprint density at radius 2 is 1.43 bits per heavy atom. The van der Waals surface area contributed by atoms with Gasteiger partial charge >= 0.3 is 0 Å². The number of rotatable bonds is 3. The fourth-order valence-electron chi connectivity index (χ4n) is 1.86. The van der Waals surface area contributed by atoms with E-state index in [1.54, 1.807) is 0 Å². The molecule has 21 heavy (non-hydrogen) atoms. The molecule has 0 spiro atoms. The molecule has 0 aliphatic heterocycles. The fourth-order valence-corrected chi connectivity index (χ4v) is 2.91. The van der Waals surface area contributed by atoms with Crippen LogP contribution in [0.3, 0.4) is 0 Å². The maximum atomic E-state index is 4.08. The number of hydrogen-bond acceptors (Lipinski definition) is 1. The highest BCUT2D eigenvalue weighted by Gasteiger charge is 1.92. The van der Waals surface area contributed by atoms with E-state index in [1.807, 2.05) is 13.1 Å². The first-order valence-electron chi connectivity index (χ1n) is 7.15. The first-order valence-corrected chi connectivity index (χ1v) is 8.15. The maximum Gasteiger partial charge on any atom is 0.105 e. The fraction of sp³-hybridized carbons (Fsp3) is 0.167. The summed E-state index contributed by atoms with van der Waals surface area (Å²) in [5, 5.41) is 2.79. The summed E-state index contributed by atoms with van der Waals surface area (Å²) in [5.41, 5.74) is 1.14. The van der Waals surface area contributed by atoms with Crippen molar-refractivity contribution in [1.29, 1.82) is 0 Å². The van der Waals surface area contributed by atoms with Gasteiger partial charge in [-0.25, -0.2) is 4.98 Å². The molecule has 0 bridgehead atoms. The van der Waals surface area contributed by atoms with Gasteiger partial charge in [-0.2, -0.15) is 0 Å².